The molecule has 0 saturated carbocycles. The summed E-state index contributed by atoms with van der Waals surface area (Å²) in [7, 11) is 0. The highest BCUT2D eigenvalue weighted by molar-refractivity contribution is 5.56. The van der Waals surface area contributed by atoms with E-state index < -0.39 is 0 Å². The van der Waals surface area contributed by atoms with Crippen molar-refractivity contribution >= 4 is 11.6 Å². The minimum atomic E-state index is 0.192. The van der Waals surface area contributed by atoms with Gasteiger partial charge >= 0.3 is 0 Å². The molecule has 2 aromatic rings. The number of aromatic nitrogens is 2. The number of fused-ring (bicyclic) bond motifs is 5. The summed E-state index contributed by atoms with van der Waals surface area (Å²) in [5.74, 6) is 2.44. The Labute approximate surface area is 130 Å². The van der Waals surface area contributed by atoms with Gasteiger partial charge in [-0.15, -0.1) is 0 Å². The molecule has 0 radical (unpaired) electrons. The van der Waals surface area contributed by atoms with E-state index in [9.17, 15) is 0 Å². The molecule has 1 fully saturated rings. The van der Waals surface area contributed by atoms with Crippen LogP contribution in [-0.2, 0) is 0 Å². The molecule has 0 spiro atoms. The first kappa shape index (κ1) is 13.5. The lowest BCUT2D eigenvalue weighted by Gasteiger charge is -2.30. The first-order valence-corrected chi connectivity index (χ1v) is 7.89. The van der Waals surface area contributed by atoms with Crippen molar-refractivity contribution in [3.8, 4) is 0 Å². The van der Waals surface area contributed by atoms with Crippen molar-refractivity contribution in [3.05, 3.63) is 47.8 Å². The van der Waals surface area contributed by atoms with Crippen molar-refractivity contribution < 1.29 is 5.11 Å². The van der Waals surface area contributed by atoms with E-state index in [1.54, 1.807) is 6.33 Å². The van der Waals surface area contributed by atoms with Crippen molar-refractivity contribution in [3.63, 3.8) is 0 Å². The molecule has 2 atom stereocenters. The lowest BCUT2D eigenvalue weighted by atomic mass is 9.99. The average molecular weight is 296 g/mol. The molecule has 2 aliphatic rings. The molecule has 0 amide bonds. The van der Waals surface area contributed by atoms with Crippen LogP contribution < -0.4 is 10.2 Å². The summed E-state index contributed by atoms with van der Waals surface area (Å²) in [6.07, 6.45) is 3.53. The summed E-state index contributed by atoms with van der Waals surface area (Å²) in [4.78, 5) is 11.1. The van der Waals surface area contributed by atoms with Crippen LogP contribution in [0.5, 0.6) is 0 Å². The maximum atomic E-state index is 8.85. The SMILES string of the molecule is OCCCNc1cc(N2C[C@H]3C[C@H]2c2ccccc23)ncn1. The quantitative estimate of drug-likeness (QED) is 0.829. The minimum absolute atomic E-state index is 0.192. The Morgan fingerprint density at radius 3 is 2.95 bits per heavy atom. The van der Waals surface area contributed by atoms with Crippen LogP contribution in [0.1, 0.15) is 35.9 Å². The number of hydrogen-bond acceptors (Lipinski definition) is 5. The van der Waals surface area contributed by atoms with Crippen LogP contribution >= 0.6 is 0 Å². The van der Waals surface area contributed by atoms with Crippen molar-refractivity contribution in [2.24, 2.45) is 0 Å². The van der Waals surface area contributed by atoms with Crippen LogP contribution in [0.2, 0.25) is 0 Å². The summed E-state index contributed by atoms with van der Waals surface area (Å²) in [5.41, 5.74) is 2.96. The smallest absolute Gasteiger partial charge is 0.134 e. The summed E-state index contributed by atoms with van der Waals surface area (Å²) in [5, 5.41) is 12.1. The Bertz CT molecular complexity index is 675. The second-order valence-electron chi connectivity index (χ2n) is 6.00. The zero-order chi connectivity index (χ0) is 14.9. The van der Waals surface area contributed by atoms with Gasteiger partial charge in [-0.3, -0.25) is 0 Å². The van der Waals surface area contributed by atoms with Gasteiger partial charge in [-0.25, -0.2) is 9.97 Å². The highest BCUT2D eigenvalue weighted by Gasteiger charge is 2.42. The molecule has 1 aliphatic carbocycles. The summed E-state index contributed by atoms with van der Waals surface area (Å²) in [6.45, 7) is 1.95. The van der Waals surface area contributed by atoms with Gasteiger partial charge in [0.1, 0.15) is 18.0 Å². The molecule has 0 unspecified atom stereocenters. The minimum Gasteiger partial charge on any atom is -0.396 e. The molecule has 1 aromatic heterocycles. The lowest BCUT2D eigenvalue weighted by Crippen LogP contribution is -2.28. The van der Waals surface area contributed by atoms with E-state index in [-0.39, 0.29) is 6.61 Å². The van der Waals surface area contributed by atoms with Gasteiger partial charge in [0.15, 0.2) is 0 Å². The molecule has 1 aromatic carbocycles. The molecule has 5 heteroatoms. The van der Waals surface area contributed by atoms with E-state index in [4.69, 9.17) is 5.11 Å². The van der Waals surface area contributed by atoms with Crippen LogP contribution in [0.25, 0.3) is 0 Å². The molecule has 4 rings (SSSR count). The fourth-order valence-corrected chi connectivity index (χ4v) is 3.69. The van der Waals surface area contributed by atoms with E-state index in [1.807, 2.05) is 6.07 Å². The van der Waals surface area contributed by atoms with Gasteiger partial charge in [0, 0.05) is 31.7 Å². The number of benzene rings is 1. The number of nitrogens with one attached hydrogen (secondary N) is 1. The Morgan fingerprint density at radius 1 is 1.23 bits per heavy atom. The number of anilines is 2. The van der Waals surface area contributed by atoms with Crippen LogP contribution in [0, 0.1) is 0 Å². The van der Waals surface area contributed by atoms with Crippen molar-refractivity contribution in [2.45, 2.75) is 24.8 Å². The number of hydrogen-bond donors (Lipinski definition) is 2. The molecule has 2 heterocycles. The zero-order valence-corrected chi connectivity index (χ0v) is 12.4. The van der Waals surface area contributed by atoms with E-state index in [2.05, 4.69) is 44.5 Å². The van der Waals surface area contributed by atoms with Gasteiger partial charge in [0.05, 0.1) is 6.04 Å². The highest BCUT2D eigenvalue weighted by Crippen LogP contribution is 2.51. The standard InChI is InChI=1S/C17H20N4O/c22-7-3-6-18-16-9-17(20-11-19-16)21-10-12-8-15(21)14-5-2-1-4-13(12)14/h1-2,4-5,9,11-12,15,22H,3,6-8,10H2,(H,18,19,20)/t12-,15+/m1/s1. The predicted molar refractivity (Wildman–Crippen MR) is 86.1 cm³/mol. The fraction of sp³-hybridized carbons (Fsp3) is 0.412. The van der Waals surface area contributed by atoms with Crippen LogP contribution in [0.3, 0.4) is 0 Å². The Kier molecular flexibility index (Phi) is 3.42. The van der Waals surface area contributed by atoms with E-state index >= 15 is 0 Å². The first-order chi connectivity index (χ1) is 10.9. The topological polar surface area (TPSA) is 61.3 Å². The highest BCUT2D eigenvalue weighted by atomic mass is 16.3. The van der Waals surface area contributed by atoms with Gasteiger partial charge in [0.25, 0.3) is 0 Å². The molecule has 1 saturated heterocycles. The molecule has 2 bridgehead atoms. The Balaban J connectivity index is 1.56. The normalized spacial score (nSPS) is 22.0. The Morgan fingerprint density at radius 2 is 2.09 bits per heavy atom. The van der Waals surface area contributed by atoms with Crippen LogP contribution in [0.15, 0.2) is 36.7 Å². The summed E-state index contributed by atoms with van der Waals surface area (Å²) in [6, 6.07) is 11.2. The monoisotopic (exact) mass is 296 g/mol. The van der Waals surface area contributed by atoms with Crippen LogP contribution in [0.4, 0.5) is 11.6 Å². The second-order valence-corrected chi connectivity index (χ2v) is 6.00. The van der Waals surface area contributed by atoms with Crippen molar-refractivity contribution in [1.82, 2.24) is 9.97 Å². The molecule has 2 N–H and O–H groups in total. The molecule has 5 nitrogen and oxygen atoms in total. The Hall–Kier alpha value is -2.14. The zero-order valence-electron chi connectivity index (χ0n) is 12.4. The van der Waals surface area contributed by atoms with E-state index in [0.717, 1.165) is 31.1 Å². The lowest BCUT2D eigenvalue weighted by molar-refractivity contribution is 0.292. The largest absolute Gasteiger partial charge is 0.396 e. The number of nitrogens with zero attached hydrogens (tertiary/aromatic N) is 3. The third-order valence-corrected chi connectivity index (χ3v) is 4.68. The van der Waals surface area contributed by atoms with E-state index in [1.165, 1.54) is 17.5 Å². The first-order valence-electron chi connectivity index (χ1n) is 7.89. The molecule has 22 heavy (non-hydrogen) atoms. The number of rotatable bonds is 5. The van der Waals surface area contributed by atoms with Gasteiger partial charge < -0.3 is 15.3 Å². The molecule has 114 valence electrons. The van der Waals surface area contributed by atoms with Crippen LogP contribution in [-0.4, -0.2) is 34.8 Å². The maximum absolute atomic E-state index is 8.85. The van der Waals surface area contributed by atoms with Gasteiger partial charge in [-0.2, -0.15) is 0 Å². The third kappa shape index (κ3) is 2.22. The third-order valence-electron chi connectivity index (χ3n) is 4.68. The summed E-state index contributed by atoms with van der Waals surface area (Å²) >= 11 is 0. The molecular formula is C17H20N4O. The van der Waals surface area contributed by atoms with E-state index in [0.29, 0.717) is 12.0 Å². The number of aliphatic hydroxyl groups is 1. The molecule has 1 aliphatic heterocycles. The van der Waals surface area contributed by atoms with Crippen molar-refractivity contribution in [2.75, 3.05) is 29.9 Å². The fourth-order valence-electron chi connectivity index (χ4n) is 3.69. The average Bonchev–Trinajstić information content (AvgIpc) is 3.15. The van der Waals surface area contributed by atoms with Gasteiger partial charge in [-0.05, 0) is 24.0 Å². The number of aliphatic hydroxyl groups excluding tert-OH is 1. The summed E-state index contributed by atoms with van der Waals surface area (Å²) < 4.78 is 0. The maximum Gasteiger partial charge on any atom is 0.134 e. The van der Waals surface area contributed by atoms with Gasteiger partial charge in [-0.1, -0.05) is 24.3 Å². The van der Waals surface area contributed by atoms with Gasteiger partial charge in [0.2, 0.25) is 0 Å². The van der Waals surface area contributed by atoms with Crippen molar-refractivity contribution in [1.29, 1.82) is 0 Å². The predicted octanol–water partition coefficient (Wildman–Crippen LogP) is 2.32. The second kappa shape index (κ2) is 5.57. The molecular weight excluding hydrogens is 276 g/mol.